The average molecular weight is 399 g/mol. The highest BCUT2D eigenvalue weighted by Crippen LogP contribution is 2.17. The maximum absolute atomic E-state index is 11.8. The van der Waals surface area contributed by atoms with Crippen molar-refractivity contribution in [2.24, 2.45) is 0 Å². The molecule has 0 bridgehead atoms. The molecular weight excluding hydrogens is 370 g/mol. The molecular formula is C23H29NO5. The summed E-state index contributed by atoms with van der Waals surface area (Å²) in [5.74, 6) is 1.16. The molecule has 0 spiro atoms. The Balaban J connectivity index is 1.48. The fraction of sp³-hybridized carbons (Fsp3) is 0.391. The smallest absolute Gasteiger partial charge is 0.305 e. The lowest BCUT2D eigenvalue weighted by Crippen LogP contribution is -2.28. The minimum atomic E-state index is -0.294. The first-order valence-electron chi connectivity index (χ1n) is 9.81. The molecule has 2 aromatic carbocycles. The molecule has 29 heavy (non-hydrogen) atoms. The maximum Gasteiger partial charge on any atom is 0.305 e. The van der Waals surface area contributed by atoms with Gasteiger partial charge >= 0.3 is 5.97 Å². The van der Waals surface area contributed by atoms with Gasteiger partial charge in [-0.1, -0.05) is 29.8 Å². The van der Waals surface area contributed by atoms with Gasteiger partial charge in [0.05, 0.1) is 20.3 Å². The summed E-state index contributed by atoms with van der Waals surface area (Å²) < 4.78 is 15.8. The lowest BCUT2D eigenvalue weighted by molar-refractivity contribution is -0.144. The molecule has 0 aromatic heterocycles. The van der Waals surface area contributed by atoms with E-state index in [0.29, 0.717) is 32.4 Å². The number of ether oxygens (including phenoxy) is 3. The Hall–Kier alpha value is -3.02. The number of carbonyl (C=O) groups excluding carboxylic acids is 2. The second kappa shape index (κ2) is 12.4. The van der Waals surface area contributed by atoms with Crippen LogP contribution < -0.4 is 14.8 Å². The number of aryl methyl sites for hydroxylation is 2. The van der Waals surface area contributed by atoms with E-state index < -0.39 is 0 Å². The fourth-order valence-electron chi connectivity index (χ4n) is 2.61. The summed E-state index contributed by atoms with van der Waals surface area (Å²) in [6, 6.07) is 15.4. The van der Waals surface area contributed by atoms with Gasteiger partial charge < -0.3 is 19.5 Å². The van der Waals surface area contributed by atoms with E-state index in [1.807, 2.05) is 55.5 Å². The Bertz CT molecular complexity index is 756. The van der Waals surface area contributed by atoms with Crippen LogP contribution in [-0.4, -0.2) is 38.7 Å². The van der Waals surface area contributed by atoms with Crippen LogP contribution in [0.15, 0.2) is 48.5 Å². The molecule has 0 unspecified atom stereocenters. The van der Waals surface area contributed by atoms with Crippen molar-refractivity contribution >= 4 is 11.9 Å². The SMILES string of the molecule is COc1ccc(OCCCC(=O)OCCNC(=O)CCc2ccc(C)cc2)cc1. The molecule has 2 rings (SSSR count). The van der Waals surface area contributed by atoms with Crippen molar-refractivity contribution < 1.29 is 23.8 Å². The van der Waals surface area contributed by atoms with E-state index in [4.69, 9.17) is 14.2 Å². The van der Waals surface area contributed by atoms with Gasteiger partial charge in [0, 0.05) is 12.8 Å². The van der Waals surface area contributed by atoms with Crippen LogP contribution in [0.25, 0.3) is 0 Å². The zero-order chi connectivity index (χ0) is 20.9. The van der Waals surface area contributed by atoms with E-state index in [2.05, 4.69) is 5.32 Å². The summed E-state index contributed by atoms with van der Waals surface area (Å²) in [6.45, 7) is 2.96. The van der Waals surface area contributed by atoms with Crippen LogP contribution in [0.4, 0.5) is 0 Å². The summed E-state index contributed by atoms with van der Waals surface area (Å²) in [6.07, 6.45) is 1.95. The lowest BCUT2D eigenvalue weighted by atomic mass is 10.1. The normalized spacial score (nSPS) is 10.3. The highest BCUT2D eigenvalue weighted by molar-refractivity contribution is 5.76. The molecule has 0 saturated heterocycles. The topological polar surface area (TPSA) is 73.9 Å². The maximum atomic E-state index is 11.8. The number of benzene rings is 2. The molecule has 0 aliphatic carbocycles. The zero-order valence-electron chi connectivity index (χ0n) is 17.1. The fourth-order valence-corrected chi connectivity index (χ4v) is 2.61. The number of nitrogens with one attached hydrogen (secondary N) is 1. The minimum Gasteiger partial charge on any atom is -0.497 e. The van der Waals surface area contributed by atoms with Gasteiger partial charge in [0.1, 0.15) is 18.1 Å². The monoisotopic (exact) mass is 399 g/mol. The van der Waals surface area contributed by atoms with Gasteiger partial charge in [-0.3, -0.25) is 9.59 Å². The quantitative estimate of drug-likeness (QED) is 0.437. The largest absolute Gasteiger partial charge is 0.497 e. The second-order valence-corrected chi connectivity index (χ2v) is 6.68. The highest BCUT2D eigenvalue weighted by atomic mass is 16.5. The third-order valence-corrected chi connectivity index (χ3v) is 4.30. The molecule has 0 fully saturated rings. The van der Waals surface area contributed by atoms with E-state index in [1.54, 1.807) is 7.11 Å². The van der Waals surface area contributed by atoms with Crippen molar-refractivity contribution in [2.45, 2.75) is 32.6 Å². The zero-order valence-corrected chi connectivity index (χ0v) is 17.1. The molecule has 0 atom stereocenters. The number of hydrogen-bond acceptors (Lipinski definition) is 5. The Morgan fingerprint density at radius 1 is 0.897 bits per heavy atom. The molecule has 0 aliphatic rings. The molecule has 0 radical (unpaired) electrons. The van der Waals surface area contributed by atoms with Crippen molar-refractivity contribution in [3.05, 3.63) is 59.7 Å². The van der Waals surface area contributed by atoms with Crippen molar-refractivity contribution in [1.29, 1.82) is 0 Å². The van der Waals surface area contributed by atoms with Gasteiger partial charge in [0.25, 0.3) is 0 Å². The number of carbonyl (C=O) groups is 2. The van der Waals surface area contributed by atoms with Crippen molar-refractivity contribution in [1.82, 2.24) is 5.32 Å². The van der Waals surface area contributed by atoms with Gasteiger partial charge in [0.2, 0.25) is 5.91 Å². The highest BCUT2D eigenvalue weighted by Gasteiger charge is 2.05. The van der Waals surface area contributed by atoms with Gasteiger partial charge in [-0.25, -0.2) is 0 Å². The van der Waals surface area contributed by atoms with E-state index in [9.17, 15) is 9.59 Å². The van der Waals surface area contributed by atoms with Crippen molar-refractivity contribution in [3.8, 4) is 11.5 Å². The first-order valence-corrected chi connectivity index (χ1v) is 9.81. The predicted octanol–water partition coefficient (Wildman–Crippen LogP) is 3.45. The third-order valence-electron chi connectivity index (χ3n) is 4.30. The molecule has 0 saturated carbocycles. The number of hydrogen-bond donors (Lipinski definition) is 1. The predicted molar refractivity (Wildman–Crippen MR) is 111 cm³/mol. The van der Waals surface area contributed by atoms with Crippen LogP contribution in [-0.2, 0) is 20.7 Å². The number of rotatable bonds is 12. The van der Waals surface area contributed by atoms with Crippen LogP contribution in [0.3, 0.4) is 0 Å². The Morgan fingerprint density at radius 3 is 2.28 bits per heavy atom. The van der Waals surface area contributed by atoms with E-state index in [-0.39, 0.29) is 24.9 Å². The Labute approximate surface area is 172 Å². The minimum absolute atomic E-state index is 0.0467. The van der Waals surface area contributed by atoms with Gasteiger partial charge in [-0.15, -0.1) is 0 Å². The third kappa shape index (κ3) is 9.14. The summed E-state index contributed by atoms with van der Waals surface area (Å²) in [5.41, 5.74) is 2.33. The second-order valence-electron chi connectivity index (χ2n) is 6.68. The average Bonchev–Trinajstić information content (AvgIpc) is 2.74. The molecule has 1 N–H and O–H groups in total. The Kier molecular flexibility index (Phi) is 9.55. The summed E-state index contributed by atoms with van der Waals surface area (Å²) in [5, 5.41) is 2.77. The van der Waals surface area contributed by atoms with Crippen LogP contribution in [0.5, 0.6) is 11.5 Å². The molecule has 2 aromatic rings. The van der Waals surface area contributed by atoms with E-state index in [1.165, 1.54) is 5.56 Å². The van der Waals surface area contributed by atoms with Crippen LogP contribution in [0.1, 0.15) is 30.4 Å². The number of methoxy groups -OCH3 is 1. The summed E-state index contributed by atoms with van der Waals surface area (Å²) >= 11 is 0. The number of amides is 1. The summed E-state index contributed by atoms with van der Waals surface area (Å²) in [7, 11) is 1.61. The molecule has 1 amide bonds. The van der Waals surface area contributed by atoms with Crippen LogP contribution >= 0.6 is 0 Å². The van der Waals surface area contributed by atoms with Gasteiger partial charge in [-0.2, -0.15) is 0 Å². The first kappa shape index (κ1) is 22.3. The standard InChI is InChI=1S/C23H29NO5/c1-18-5-7-19(8-6-18)9-14-22(25)24-15-17-29-23(26)4-3-16-28-21-12-10-20(27-2)11-13-21/h5-8,10-13H,3-4,9,14-17H2,1-2H3,(H,24,25). The van der Waals surface area contributed by atoms with Crippen LogP contribution in [0, 0.1) is 6.92 Å². The Morgan fingerprint density at radius 2 is 1.59 bits per heavy atom. The molecule has 0 heterocycles. The molecule has 0 aliphatic heterocycles. The molecule has 6 nitrogen and oxygen atoms in total. The van der Waals surface area contributed by atoms with Crippen molar-refractivity contribution in [2.75, 3.05) is 26.9 Å². The van der Waals surface area contributed by atoms with E-state index in [0.717, 1.165) is 17.1 Å². The van der Waals surface area contributed by atoms with Gasteiger partial charge in [-0.05, 0) is 49.6 Å². The van der Waals surface area contributed by atoms with Gasteiger partial charge in [0.15, 0.2) is 0 Å². The lowest BCUT2D eigenvalue weighted by Gasteiger charge is -2.08. The molecule has 6 heteroatoms. The van der Waals surface area contributed by atoms with E-state index >= 15 is 0 Å². The summed E-state index contributed by atoms with van der Waals surface area (Å²) in [4.78, 5) is 23.6. The first-order chi connectivity index (χ1) is 14.1. The van der Waals surface area contributed by atoms with Crippen LogP contribution in [0.2, 0.25) is 0 Å². The number of esters is 1. The van der Waals surface area contributed by atoms with Crippen molar-refractivity contribution in [3.63, 3.8) is 0 Å². The molecule has 156 valence electrons.